The zero-order chi connectivity index (χ0) is 28.7. The molecule has 4 atom stereocenters. The minimum atomic E-state index is -4.64. The number of phenolic OH excluding ortho intramolecular Hbond substituents is 1. The van der Waals surface area contributed by atoms with E-state index in [9.17, 15) is 33.6 Å². The topological polar surface area (TPSA) is 209 Å². The first-order valence-corrected chi connectivity index (χ1v) is 13.5. The van der Waals surface area contributed by atoms with Crippen molar-refractivity contribution in [2.24, 2.45) is 0 Å². The Balaban J connectivity index is 0.000000532. The van der Waals surface area contributed by atoms with Gasteiger partial charge < -0.3 is 30.1 Å². The van der Waals surface area contributed by atoms with Gasteiger partial charge in [0.1, 0.15) is 30.4 Å². The highest BCUT2D eigenvalue weighted by atomic mass is 32.2. The molecule has 0 aliphatic carbocycles. The maximum Gasteiger partial charge on any atom is 0.362 e. The molecule has 16 heteroatoms. The predicted octanol–water partition coefficient (Wildman–Crippen LogP) is -0.104. The third-order valence-corrected chi connectivity index (χ3v) is 6.93. The van der Waals surface area contributed by atoms with Crippen molar-refractivity contribution in [2.75, 3.05) is 26.2 Å². The van der Waals surface area contributed by atoms with Gasteiger partial charge >= 0.3 is 10.3 Å². The number of carbonyl (C=O) groups excluding carboxylic acids is 1. The quantitative estimate of drug-likeness (QED) is 0.229. The Morgan fingerprint density at radius 2 is 1.74 bits per heavy atom. The summed E-state index contributed by atoms with van der Waals surface area (Å²) in [6.45, 7) is 9.38. The molecule has 39 heavy (non-hydrogen) atoms. The van der Waals surface area contributed by atoms with Crippen molar-refractivity contribution in [1.82, 2.24) is 29.1 Å². The molecular weight excluding hydrogens is 536 g/mol. The fraction of sp³-hybridized carbons (Fsp3) is 0.478. The molecule has 1 fully saturated rings. The van der Waals surface area contributed by atoms with E-state index in [1.54, 1.807) is 4.72 Å². The number of aliphatic hydroxyl groups is 2. The van der Waals surface area contributed by atoms with E-state index >= 15 is 0 Å². The number of nitrogens with one attached hydrogen (secondary N) is 1. The van der Waals surface area contributed by atoms with Crippen LogP contribution in [0.1, 0.15) is 37.4 Å². The fourth-order valence-corrected chi connectivity index (χ4v) is 4.52. The van der Waals surface area contributed by atoms with Gasteiger partial charge in [-0.3, -0.25) is 13.5 Å². The highest BCUT2D eigenvalue weighted by molar-refractivity contribution is 7.85. The number of benzene rings is 1. The zero-order valence-corrected chi connectivity index (χ0v) is 22.4. The summed E-state index contributed by atoms with van der Waals surface area (Å²) in [5.74, 6) is -1.95. The molecule has 1 saturated heterocycles. The Morgan fingerprint density at radius 3 is 2.36 bits per heavy atom. The van der Waals surface area contributed by atoms with E-state index in [-0.39, 0.29) is 16.7 Å². The van der Waals surface area contributed by atoms with Crippen molar-refractivity contribution in [2.45, 2.75) is 45.3 Å². The second-order valence-electron chi connectivity index (χ2n) is 8.37. The lowest BCUT2D eigenvalue weighted by Gasteiger charge is -2.16. The van der Waals surface area contributed by atoms with Crippen LogP contribution in [-0.4, -0.2) is 104 Å². The number of amides is 1. The summed E-state index contributed by atoms with van der Waals surface area (Å²) in [6.07, 6.45) is -3.34. The minimum absolute atomic E-state index is 0.0342. The first-order valence-electron chi connectivity index (χ1n) is 12.1. The van der Waals surface area contributed by atoms with Crippen LogP contribution in [0.15, 0.2) is 36.9 Å². The van der Waals surface area contributed by atoms with Crippen molar-refractivity contribution < 1.29 is 42.6 Å². The number of hydrogen-bond donors (Lipinski definition) is 5. The highest BCUT2D eigenvalue weighted by Gasteiger charge is 2.45. The molecule has 0 bridgehead atoms. The van der Waals surface area contributed by atoms with Crippen LogP contribution in [-0.2, 0) is 19.2 Å². The first kappa shape index (κ1) is 30.1. The number of imidazole rings is 1. The number of hydrogen-bond acceptors (Lipinski definition) is 13. The van der Waals surface area contributed by atoms with Gasteiger partial charge in [-0.25, -0.2) is 14.7 Å². The maximum atomic E-state index is 12.1. The Bertz CT molecular complexity index is 1360. The third-order valence-electron chi connectivity index (χ3n) is 6.05. The van der Waals surface area contributed by atoms with Gasteiger partial charge in [-0.15, -0.1) is 0 Å². The van der Waals surface area contributed by atoms with E-state index in [4.69, 9.17) is 8.92 Å². The van der Waals surface area contributed by atoms with Crippen molar-refractivity contribution >= 4 is 27.4 Å². The molecule has 4 rings (SSSR count). The second-order valence-corrected chi connectivity index (χ2v) is 9.72. The van der Waals surface area contributed by atoms with Gasteiger partial charge in [0.15, 0.2) is 17.4 Å². The number of aromatic nitrogens is 4. The monoisotopic (exact) mass is 568 g/mol. The van der Waals surface area contributed by atoms with Crippen LogP contribution in [0.5, 0.6) is 11.6 Å². The van der Waals surface area contributed by atoms with Gasteiger partial charge in [0, 0.05) is 0 Å². The standard InChI is InChI=1S/C17H17N5O9S.C6H15N/c23-9-4-2-1-3-8(9)15(26)21-32(28,29)30-5-10-12(24)13(25)17(31-10)22-7-20-11-14(22)18-6-19-16(11)27;1-4-7(5-2)6-3/h1-4,6-7,10,12-13,17,23-25H,5H2,(H,21,26)(H,18,19,27);4-6H2,1-3H3/t10-,12-,13-,17-;/m1./s1. The summed E-state index contributed by atoms with van der Waals surface area (Å²) in [7, 11) is -4.64. The largest absolute Gasteiger partial charge is 0.507 e. The summed E-state index contributed by atoms with van der Waals surface area (Å²) in [6, 6.07) is 5.30. The number of fused-ring (bicyclic) bond motifs is 1. The number of carbonyl (C=O) groups is 1. The van der Waals surface area contributed by atoms with E-state index in [2.05, 4.69) is 40.6 Å². The normalized spacial score (nSPS) is 21.1. The average molecular weight is 569 g/mol. The number of nitrogens with zero attached hydrogens (tertiary/aromatic N) is 5. The summed E-state index contributed by atoms with van der Waals surface area (Å²) >= 11 is 0. The van der Waals surface area contributed by atoms with Crippen LogP contribution in [0.4, 0.5) is 0 Å². The van der Waals surface area contributed by atoms with Gasteiger partial charge in [-0.2, -0.15) is 13.4 Å². The molecule has 0 saturated carbocycles. The zero-order valence-electron chi connectivity index (χ0n) is 21.6. The van der Waals surface area contributed by atoms with Crippen LogP contribution >= 0.6 is 0 Å². The lowest BCUT2D eigenvalue weighted by Crippen LogP contribution is -2.37. The van der Waals surface area contributed by atoms with Crippen molar-refractivity contribution in [1.29, 1.82) is 0 Å². The van der Waals surface area contributed by atoms with E-state index in [0.717, 1.165) is 6.33 Å². The van der Waals surface area contributed by atoms with Crippen molar-refractivity contribution in [3.8, 4) is 11.6 Å². The molecule has 15 nitrogen and oxygen atoms in total. The highest BCUT2D eigenvalue weighted by Crippen LogP contribution is 2.32. The molecule has 3 aromatic rings. The molecule has 0 radical (unpaired) electrons. The van der Waals surface area contributed by atoms with E-state index in [1.807, 2.05) is 0 Å². The molecule has 1 aliphatic rings. The molecular formula is C23H32N6O9S. The number of rotatable bonds is 9. The molecule has 2 aromatic heterocycles. The maximum absolute atomic E-state index is 12.1. The van der Waals surface area contributed by atoms with Gasteiger partial charge in [0.25, 0.3) is 5.91 Å². The lowest BCUT2D eigenvalue weighted by molar-refractivity contribution is -0.0468. The SMILES string of the molecule is CCN(CC)CC.O=C(NS(=O)(=O)OC[C@H]1O[C@@H](n2cnc3c(O)ncnc32)[C@H](O)[C@@H]1O)c1ccccc1O. The first-order chi connectivity index (χ1) is 18.5. The van der Waals surface area contributed by atoms with Crippen LogP contribution in [0, 0.1) is 0 Å². The Hall–Kier alpha value is -3.41. The van der Waals surface area contributed by atoms with E-state index < -0.39 is 59.0 Å². The van der Waals surface area contributed by atoms with Gasteiger partial charge in [0.2, 0.25) is 5.88 Å². The van der Waals surface area contributed by atoms with Crippen LogP contribution in [0.25, 0.3) is 11.2 Å². The third kappa shape index (κ3) is 7.17. The van der Waals surface area contributed by atoms with Gasteiger partial charge in [-0.05, 0) is 31.8 Å². The number of aromatic hydroxyl groups is 2. The molecule has 214 valence electrons. The van der Waals surface area contributed by atoms with Crippen molar-refractivity contribution in [3.63, 3.8) is 0 Å². The van der Waals surface area contributed by atoms with Gasteiger partial charge in [-0.1, -0.05) is 32.9 Å². The molecule has 1 aromatic carbocycles. The van der Waals surface area contributed by atoms with Crippen LogP contribution in [0.2, 0.25) is 0 Å². The molecule has 0 spiro atoms. The van der Waals surface area contributed by atoms with Crippen LogP contribution in [0.3, 0.4) is 0 Å². The Labute approximate surface area is 224 Å². The minimum Gasteiger partial charge on any atom is -0.507 e. The number of phenols is 1. The lowest BCUT2D eigenvalue weighted by atomic mass is 10.1. The smallest absolute Gasteiger partial charge is 0.362 e. The number of para-hydroxylation sites is 1. The number of aliphatic hydroxyl groups excluding tert-OH is 2. The molecule has 3 heterocycles. The summed E-state index contributed by atoms with van der Waals surface area (Å²) < 4.78 is 37.3. The Morgan fingerprint density at radius 1 is 1.08 bits per heavy atom. The molecule has 1 amide bonds. The number of ether oxygens (including phenoxy) is 1. The van der Waals surface area contributed by atoms with Crippen LogP contribution < -0.4 is 4.72 Å². The average Bonchev–Trinajstić information content (AvgIpc) is 3.46. The summed E-state index contributed by atoms with van der Waals surface area (Å²) in [4.78, 5) is 25.9. The molecule has 1 aliphatic heterocycles. The molecule has 5 N–H and O–H groups in total. The van der Waals surface area contributed by atoms with E-state index in [1.165, 1.54) is 54.8 Å². The second kappa shape index (κ2) is 13.1. The Kier molecular flexibility index (Phi) is 10.1. The van der Waals surface area contributed by atoms with E-state index in [0.29, 0.717) is 0 Å². The summed E-state index contributed by atoms with van der Waals surface area (Å²) in [5.41, 5.74) is -0.144. The predicted molar refractivity (Wildman–Crippen MR) is 137 cm³/mol. The molecule has 0 unspecified atom stereocenters. The fourth-order valence-electron chi connectivity index (χ4n) is 3.81. The summed E-state index contributed by atoms with van der Waals surface area (Å²) in [5, 5.41) is 40.0. The van der Waals surface area contributed by atoms with Crippen molar-refractivity contribution in [3.05, 3.63) is 42.5 Å². The van der Waals surface area contributed by atoms with Gasteiger partial charge in [0.05, 0.1) is 18.5 Å².